The van der Waals surface area contributed by atoms with Crippen molar-refractivity contribution in [2.24, 2.45) is 0 Å². The number of ether oxygens (including phenoxy) is 2. The summed E-state index contributed by atoms with van der Waals surface area (Å²) in [7, 11) is 1.47. The second-order valence-corrected chi connectivity index (χ2v) is 7.20. The van der Waals surface area contributed by atoms with E-state index < -0.39 is 11.6 Å². The maximum atomic E-state index is 12.1. The Hall–Kier alpha value is -2.72. The predicted molar refractivity (Wildman–Crippen MR) is 104 cm³/mol. The fourth-order valence-corrected chi connectivity index (χ4v) is 3.55. The molecule has 1 aliphatic rings. The minimum absolute atomic E-state index is 0.0305. The Kier molecular flexibility index (Phi) is 6.99. The first-order valence-electron chi connectivity index (χ1n) is 9.28. The van der Waals surface area contributed by atoms with Gasteiger partial charge in [-0.05, 0) is 47.5 Å². The van der Waals surface area contributed by atoms with Gasteiger partial charge in [0.25, 0.3) is 0 Å². The van der Waals surface area contributed by atoms with Crippen molar-refractivity contribution in [3.63, 3.8) is 0 Å². The van der Waals surface area contributed by atoms with E-state index in [4.69, 9.17) is 21.1 Å². The van der Waals surface area contributed by atoms with E-state index in [1.165, 1.54) is 7.11 Å². The highest BCUT2D eigenvalue weighted by molar-refractivity contribution is 6.30. The zero-order chi connectivity index (χ0) is 20.7. The lowest BCUT2D eigenvalue weighted by molar-refractivity contribution is -0.127. The Morgan fingerprint density at radius 1 is 1.24 bits per heavy atom. The van der Waals surface area contributed by atoms with Crippen molar-refractivity contribution in [2.75, 3.05) is 25.6 Å². The molecule has 0 atom stereocenters. The second kappa shape index (κ2) is 9.66. The van der Waals surface area contributed by atoms with Crippen LogP contribution in [0, 0.1) is 0 Å². The number of carbonyl (C=O) groups excluding carboxylic acids is 2. The molecule has 10 nitrogen and oxygen atoms in total. The molecule has 0 spiro atoms. The van der Waals surface area contributed by atoms with E-state index in [9.17, 15) is 9.59 Å². The third-order valence-electron chi connectivity index (χ3n) is 4.70. The molecule has 2 amide bonds. The van der Waals surface area contributed by atoms with Crippen LogP contribution in [0.3, 0.4) is 0 Å². The van der Waals surface area contributed by atoms with Crippen molar-refractivity contribution in [1.82, 2.24) is 25.5 Å². The van der Waals surface area contributed by atoms with Crippen LogP contribution >= 0.6 is 11.6 Å². The Labute approximate surface area is 172 Å². The molecule has 1 aromatic heterocycles. The second-order valence-electron chi connectivity index (χ2n) is 6.76. The van der Waals surface area contributed by atoms with E-state index in [1.54, 1.807) is 28.9 Å². The van der Waals surface area contributed by atoms with Gasteiger partial charge >= 0.3 is 6.09 Å². The number of carbonyl (C=O) groups is 2. The molecule has 1 aromatic carbocycles. The maximum absolute atomic E-state index is 12.1. The van der Waals surface area contributed by atoms with Crippen LogP contribution in [0.4, 0.5) is 10.5 Å². The van der Waals surface area contributed by atoms with Crippen molar-refractivity contribution in [1.29, 1.82) is 0 Å². The highest BCUT2D eigenvalue weighted by Gasteiger charge is 2.41. The van der Waals surface area contributed by atoms with Crippen molar-refractivity contribution in [3.8, 4) is 0 Å². The van der Waals surface area contributed by atoms with E-state index in [1.807, 2.05) is 0 Å². The smallest absolute Gasteiger partial charge is 0.411 e. The molecular formula is C18H23ClN6O4. The summed E-state index contributed by atoms with van der Waals surface area (Å²) in [4.78, 5) is 24.1. The molecule has 156 valence electrons. The molecule has 11 heteroatoms. The average molecular weight is 423 g/mol. The highest BCUT2D eigenvalue weighted by Crippen LogP contribution is 2.37. The third kappa shape index (κ3) is 5.42. The Bertz CT molecular complexity index is 835. The summed E-state index contributed by atoms with van der Waals surface area (Å²) in [5, 5.41) is 18.1. The van der Waals surface area contributed by atoms with Crippen molar-refractivity contribution < 1.29 is 19.1 Å². The normalized spacial score (nSPS) is 15.1. The van der Waals surface area contributed by atoms with Crippen LogP contribution in [0.25, 0.3) is 0 Å². The van der Waals surface area contributed by atoms with Gasteiger partial charge in [-0.3, -0.25) is 10.1 Å². The summed E-state index contributed by atoms with van der Waals surface area (Å²) >= 11 is 5.82. The fraction of sp³-hybridized carbons (Fsp3) is 0.500. The zero-order valence-electron chi connectivity index (χ0n) is 16.1. The van der Waals surface area contributed by atoms with Crippen LogP contribution in [0.1, 0.15) is 31.5 Å². The van der Waals surface area contributed by atoms with Gasteiger partial charge in [0.2, 0.25) is 5.91 Å². The number of nitrogens with zero attached hydrogens (tertiary/aromatic N) is 4. The Morgan fingerprint density at radius 3 is 2.66 bits per heavy atom. The van der Waals surface area contributed by atoms with Crippen molar-refractivity contribution >= 4 is 29.3 Å². The number of anilines is 1. The molecule has 1 fully saturated rings. The van der Waals surface area contributed by atoms with Crippen LogP contribution in [-0.2, 0) is 26.4 Å². The number of halogens is 1. The first-order valence-corrected chi connectivity index (χ1v) is 9.66. The molecule has 3 rings (SSSR count). The van der Waals surface area contributed by atoms with Crippen LogP contribution in [0.5, 0.6) is 0 Å². The number of rotatable bonds is 8. The molecule has 2 aromatic rings. The number of hydrogen-bond acceptors (Lipinski definition) is 7. The Morgan fingerprint density at radius 2 is 1.97 bits per heavy atom. The van der Waals surface area contributed by atoms with Gasteiger partial charge in [0.15, 0.2) is 5.82 Å². The largest absolute Gasteiger partial charge is 0.447 e. The van der Waals surface area contributed by atoms with Gasteiger partial charge in [-0.2, -0.15) is 0 Å². The van der Waals surface area contributed by atoms with Crippen LogP contribution in [-0.4, -0.2) is 52.5 Å². The van der Waals surface area contributed by atoms with Gasteiger partial charge in [0.05, 0.1) is 6.54 Å². The van der Waals surface area contributed by atoms with E-state index >= 15 is 0 Å². The fourth-order valence-electron chi connectivity index (χ4n) is 3.43. The maximum Gasteiger partial charge on any atom is 0.411 e. The lowest BCUT2D eigenvalue weighted by Crippen LogP contribution is -2.47. The summed E-state index contributed by atoms with van der Waals surface area (Å²) in [5.74, 6) is 0.337. The lowest BCUT2D eigenvalue weighted by atomic mass is 9.96. The summed E-state index contributed by atoms with van der Waals surface area (Å²) in [6.45, 7) is 0.301. The molecular weight excluding hydrogens is 400 g/mol. The average Bonchev–Trinajstić information content (AvgIpc) is 3.34. The van der Waals surface area contributed by atoms with Gasteiger partial charge in [0, 0.05) is 17.8 Å². The van der Waals surface area contributed by atoms with Crippen molar-refractivity contribution in [2.45, 2.75) is 37.8 Å². The van der Waals surface area contributed by atoms with Gasteiger partial charge in [-0.15, -0.1) is 5.10 Å². The van der Waals surface area contributed by atoms with E-state index in [0.717, 1.165) is 25.7 Å². The molecule has 1 aliphatic carbocycles. The number of hydrogen-bond donors (Lipinski definition) is 2. The van der Waals surface area contributed by atoms with E-state index in [2.05, 4.69) is 26.2 Å². The van der Waals surface area contributed by atoms with E-state index in [0.29, 0.717) is 16.5 Å². The molecule has 1 heterocycles. The molecule has 1 saturated carbocycles. The first kappa shape index (κ1) is 21.0. The number of nitrogens with one attached hydrogen (secondary N) is 2. The topological polar surface area (TPSA) is 120 Å². The highest BCUT2D eigenvalue weighted by atomic mass is 35.5. The predicted octanol–water partition coefficient (Wildman–Crippen LogP) is 2.11. The number of benzene rings is 1. The molecule has 29 heavy (non-hydrogen) atoms. The lowest BCUT2D eigenvalue weighted by Gasteiger charge is -2.28. The summed E-state index contributed by atoms with van der Waals surface area (Å²) in [6, 6.07) is 6.69. The van der Waals surface area contributed by atoms with Gasteiger partial charge in [-0.1, -0.05) is 24.4 Å². The van der Waals surface area contributed by atoms with Crippen LogP contribution in [0.2, 0.25) is 5.02 Å². The minimum atomic E-state index is -0.634. The van der Waals surface area contributed by atoms with Gasteiger partial charge in [0.1, 0.15) is 18.8 Å². The zero-order valence-corrected chi connectivity index (χ0v) is 16.8. The number of tetrazole rings is 1. The summed E-state index contributed by atoms with van der Waals surface area (Å²) < 4.78 is 11.7. The van der Waals surface area contributed by atoms with Gasteiger partial charge in [-0.25, -0.2) is 9.48 Å². The van der Waals surface area contributed by atoms with E-state index in [-0.39, 0.29) is 25.7 Å². The first-order chi connectivity index (χ1) is 14.0. The summed E-state index contributed by atoms with van der Waals surface area (Å²) in [5.41, 5.74) is -0.0571. The van der Waals surface area contributed by atoms with Crippen LogP contribution < -0.4 is 10.6 Å². The molecule has 2 N–H and O–H groups in total. The Balaban J connectivity index is 1.58. The molecule has 0 bridgehead atoms. The standard InChI is InChI=1S/C18H23ClN6O4/c1-28-12-15(26)21-18(8-2-3-9-18)16-22-23-24-25(16)10-11-29-17(27)20-14-6-4-13(19)5-7-14/h4-7H,2-3,8-12H2,1H3,(H,20,27)(H,21,26). The SMILES string of the molecule is COCC(=O)NC1(c2nnnn2CCOC(=O)Nc2ccc(Cl)cc2)CCCC1. The monoisotopic (exact) mass is 422 g/mol. The van der Waals surface area contributed by atoms with Gasteiger partial charge < -0.3 is 14.8 Å². The summed E-state index contributed by atoms with van der Waals surface area (Å²) in [6.07, 6.45) is 2.80. The molecule has 0 radical (unpaired) electrons. The van der Waals surface area contributed by atoms with Crippen molar-refractivity contribution in [3.05, 3.63) is 35.1 Å². The third-order valence-corrected chi connectivity index (χ3v) is 4.95. The quantitative estimate of drug-likeness (QED) is 0.668. The molecule has 0 saturated heterocycles. The number of amides is 2. The molecule has 0 unspecified atom stereocenters. The molecule has 0 aliphatic heterocycles. The minimum Gasteiger partial charge on any atom is -0.447 e. The number of methoxy groups -OCH3 is 1. The van der Waals surface area contributed by atoms with Crippen LogP contribution in [0.15, 0.2) is 24.3 Å². The number of aromatic nitrogens is 4.